The van der Waals surface area contributed by atoms with Gasteiger partial charge in [0.1, 0.15) is 0 Å². The largest absolute Gasteiger partial charge is 0.354 e. The molecule has 0 aromatic carbocycles. The molecule has 30 heavy (non-hydrogen) atoms. The molecule has 2 aliphatic rings. The van der Waals surface area contributed by atoms with Crippen LogP contribution >= 0.6 is 0 Å². The number of aromatic nitrogens is 1. The molecular formula is C24H37N3O3. The number of amides is 2. The van der Waals surface area contributed by atoms with Gasteiger partial charge in [0, 0.05) is 56.2 Å². The maximum Gasteiger partial charge on any atom is 0.250 e. The summed E-state index contributed by atoms with van der Waals surface area (Å²) < 4.78 is 1.88. The molecule has 1 fully saturated rings. The molecule has 6 heteroatoms. The minimum absolute atomic E-state index is 0.0451. The van der Waals surface area contributed by atoms with Crippen molar-refractivity contribution >= 4 is 11.8 Å². The van der Waals surface area contributed by atoms with Crippen molar-refractivity contribution in [3.8, 4) is 0 Å². The zero-order valence-corrected chi connectivity index (χ0v) is 18.7. The molecule has 1 aromatic heterocycles. The second kappa shape index (κ2) is 10.3. The summed E-state index contributed by atoms with van der Waals surface area (Å²) >= 11 is 0. The lowest BCUT2D eigenvalue weighted by atomic mass is 9.83. The highest BCUT2D eigenvalue weighted by Crippen LogP contribution is 2.35. The molecule has 2 bridgehead atoms. The number of hydrogen-bond acceptors (Lipinski definition) is 3. The SMILES string of the molecule is CC(C)CCCC(C)NC(=O)CCCC(=O)N1CC2CC(C1)c1cccc(=O)n1C2. The Morgan fingerprint density at radius 2 is 1.87 bits per heavy atom. The van der Waals surface area contributed by atoms with Crippen molar-refractivity contribution in [2.45, 2.75) is 84.2 Å². The lowest BCUT2D eigenvalue weighted by Crippen LogP contribution is -2.49. The van der Waals surface area contributed by atoms with Gasteiger partial charge in [0.2, 0.25) is 11.8 Å². The normalized spacial score (nSPS) is 21.3. The Balaban J connectivity index is 1.41. The molecule has 3 atom stereocenters. The number of nitrogens with zero attached hydrogens (tertiary/aromatic N) is 2. The molecule has 0 spiro atoms. The molecule has 3 rings (SSSR count). The zero-order chi connectivity index (χ0) is 21.7. The number of fused-ring (bicyclic) bond motifs is 4. The molecule has 0 radical (unpaired) electrons. The van der Waals surface area contributed by atoms with Crippen LogP contribution in [0.3, 0.4) is 0 Å². The lowest BCUT2D eigenvalue weighted by molar-refractivity contribution is -0.134. The van der Waals surface area contributed by atoms with E-state index in [-0.39, 0.29) is 29.3 Å². The van der Waals surface area contributed by atoms with Gasteiger partial charge in [-0.2, -0.15) is 0 Å². The molecule has 1 saturated heterocycles. The fourth-order valence-corrected chi connectivity index (χ4v) is 4.91. The van der Waals surface area contributed by atoms with Crippen LogP contribution < -0.4 is 10.9 Å². The molecule has 0 aliphatic carbocycles. The fourth-order valence-electron chi connectivity index (χ4n) is 4.91. The summed E-state index contributed by atoms with van der Waals surface area (Å²) in [6.45, 7) is 8.58. The van der Waals surface area contributed by atoms with E-state index in [2.05, 4.69) is 26.1 Å². The summed E-state index contributed by atoms with van der Waals surface area (Å²) in [5, 5.41) is 3.06. The molecule has 1 N–H and O–H groups in total. The monoisotopic (exact) mass is 415 g/mol. The van der Waals surface area contributed by atoms with Gasteiger partial charge in [-0.3, -0.25) is 14.4 Å². The van der Waals surface area contributed by atoms with Crippen LogP contribution in [0.5, 0.6) is 0 Å². The summed E-state index contributed by atoms with van der Waals surface area (Å²) in [5.74, 6) is 1.46. The van der Waals surface area contributed by atoms with Crippen LogP contribution in [0.4, 0.5) is 0 Å². The van der Waals surface area contributed by atoms with Gasteiger partial charge in [-0.15, -0.1) is 0 Å². The third-order valence-electron chi connectivity index (χ3n) is 6.45. The van der Waals surface area contributed by atoms with Gasteiger partial charge in [-0.05, 0) is 44.1 Å². The van der Waals surface area contributed by atoms with E-state index < -0.39 is 0 Å². The van der Waals surface area contributed by atoms with E-state index >= 15 is 0 Å². The fraction of sp³-hybridized carbons (Fsp3) is 0.708. The number of rotatable bonds is 9. The number of piperidine rings is 1. The standard InChI is InChI=1S/C24H37N3O3/c1-17(2)7-4-8-18(3)25-22(28)10-6-11-23(29)26-14-19-13-20(16-26)21-9-5-12-24(30)27(21)15-19/h5,9,12,17-20H,4,6-8,10-11,13-16H2,1-3H3,(H,25,28). The molecule has 2 amide bonds. The lowest BCUT2D eigenvalue weighted by Gasteiger charge is -2.42. The first-order valence-corrected chi connectivity index (χ1v) is 11.6. The maximum atomic E-state index is 12.7. The van der Waals surface area contributed by atoms with Crippen molar-refractivity contribution in [1.29, 1.82) is 0 Å². The van der Waals surface area contributed by atoms with Gasteiger partial charge in [0.15, 0.2) is 0 Å². The second-order valence-corrected chi connectivity index (χ2v) is 9.64. The number of nitrogens with one attached hydrogen (secondary N) is 1. The highest BCUT2D eigenvalue weighted by atomic mass is 16.2. The Kier molecular flexibility index (Phi) is 7.73. The van der Waals surface area contributed by atoms with Crippen LogP contribution in [-0.2, 0) is 16.1 Å². The Hall–Kier alpha value is -2.11. The number of carbonyl (C=O) groups excluding carboxylic acids is 2. The van der Waals surface area contributed by atoms with Crippen molar-refractivity contribution < 1.29 is 9.59 Å². The van der Waals surface area contributed by atoms with Crippen molar-refractivity contribution in [3.05, 3.63) is 34.2 Å². The number of pyridine rings is 1. The summed E-state index contributed by atoms with van der Waals surface area (Å²) in [4.78, 5) is 39.0. The Morgan fingerprint density at radius 3 is 2.63 bits per heavy atom. The van der Waals surface area contributed by atoms with Crippen molar-refractivity contribution in [2.24, 2.45) is 11.8 Å². The smallest absolute Gasteiger partial charge is 0.250 e. The van der Waals surface area contributed by atoms with E-state index in [1.165, 1.54) is 6.42 Å². The maximum absolute atomic E-state index is 12.7. The highest BCUT2D eigenvalue weighted by molar-refractivity contribution is 5.79. The summed E-state index contributed by atoms with van der Waals surface area (Å²) in [7, 11) is 0. The molecule has 0 saturated carbocycles. The quantitative estimate of drug-likeness (QED) is 0.673. The van der Waals surface area contributed by atoms with Gasteiger partial charge >= 0.3 is 0 Å². The van der Waals surface area contributed by atoms with Crippen LogP contribution in [-0.4, -0.2) is 40.4 Å². The molecule has 2 aliphatic heterocycles. The number of carbonyl (C=O) groups is 2. The first kappa shape index (κ1) is 22.6. The van der Waals surface area contributed by atoms with Crippen molar-refractivity contribution in [3.63, 3.8) is 0 Å². The van der Waals surface area contributed by atoms with Crippen LogP contribution in [0, 0.1) is 11.8 Å². The minimum atomic E-state index is 0.0451. The highest BCUT2D eigenvalue weighted by Gasteiger charge is 2.35. The molecule has 1 aromatic rings. The van der Waals surface area contributed by atoms with E-state index in [0.29, 0.717) is 44.2 Å². The third-order valence-corrected chi connectivity index (χ3v) is 6.45. The van der Waals surface area contributed by atoms with E-state index in [9.17, 15) is 14.4 Å². The van der Waals surface area contributed by atoms with Gasteiger partial charge in [0.05, 0.1) is 0 Å². The average Bonchev–Trinajstić information content (AvgIpc) is 2.68. The van der Waals surface area contributed by atoms with Crippen LogP contribution in [0.1, 0.15) is 77.3 Å². The molecule has 3 unspecified atom stereocenters. The average molecular weight is 416 g/mol. The first-order chi connectivity index (χ1) is 14.3. The summed E-state index contributed by atoms with van der Waals surface area (Å²) in [5.41, 5.74) is 1.12. The van der Waals surface area contributed by atoms with Gasteiger partial charge < -0.3 is 14.8 Å². The first-order valence-electron chi connectivity index (χ1n) is 11.6. The zero-order valence-electron chi connectivity index (χ0n) is 18.7. The van der Waals surface area contributed by atoms with Gasteiger partial charge in [0.25, 0.3) is 5.56 Å². The molecule has 3 heterocycles. The molecule has 6 nitrogen and oxygen atoms in total. The predicted molar refractivity (Wildman–Crippen MR) is 118 cm³/mol. The van der Waals surface area contributed by atoms with Gasteiger partial charge in [-0.1, -0.05) is 32.8 Å². The Bertz CT molecular complexity index is 801. The van der Waals surface area contributed by atoms with E-state index in [0.717, 1.165) is 31.5 Å². The minimum Gasteiger partial charge on any atom is -0.354 e. The third kappa shape index (κ3) is 5.96. The van der Waals surface area contributed by atoms with Crippen LogP contribution in [0.25, 0.3) is 0 Å². The van der Waals surface area contributed by atoms with Crippen LogP contribution in [0.2, 0.25) is 0 Å². The van der Waals surface area contributed by atoms with E-state index in [1.54, 1.807) is 6.07 Å². The Morgan fingerprint density at radius 1 is 1.07 bits per heavy atom. The molecule has 166 valence electrons. The van der Waals surface area contributed by atoms with E-state index in [1.807, 2.05) is 21.6 Å². The predicted octanol–water partition coefficient (Wildman–Crippen LogP) is 3.30. The van der Waals surface area contributed by atoms with Crippen LogP contribution in [0.15, 0.2) is 23.0 Å². The number of hydrogen-bond donors (Lipinski definition) is 1. The summed E-state index contributed by atoms with van der Waals surface area (Å²) in [6.07, 6.45) is 5.77. The Labute approximate surface area is 180 Å². The van der Waals surface area contributed by atoms with Crippen molar-refractivity contribution in [2.75, 3.05) is 13.1 Å². The topological polar surface area (TPSA) is 71.4 Å². The van der Waals surface area contributed by atoms with E-state index in [4.69, 9.17) is 0 Å². The second-order valence-electron chi connectivity index (χ2n) is 9.64. The van der Waals surface area contributed by atoms with Gasteiger partial charge in [-0.25, -0.2) is 0 Å². The summed E-state index contributed by atoms with van der Waals surface area (Å²) in [6, 6.07) is 5.64. The number of likely N-dealkylation sites (tertiary alicyclic amines) is 1. The van der Waals surface area contributed by atoms with Crippen molar-refractivity contribution in [1.82, 2.24) is 14.8 Å². The molecular weight excluding hydrogens is 378 g/mol.